The van der Waals surface area contributed by atoms with Crippen molar-refractivity contribution < 1.29 is 4.74 Å². The average molecular weight is 298 g/mol. The standard InChI is InChI=1S/C17H18N2OS/c1-2-15(21-7-1)13-8-12-9-17(20-16(12)18-10-13)11-19-5-3-14(17)4-6-19/h1-2,7-8,10,14H,3-6,9,11H2/t17-/m0/s1. The van der Waals surface area contributed by atoms with E-state index in [1.165, 1.54) is 41.9 Å². The summed E-state index contributed by atoms with van der Waals surface area (Å²) in [5.74, 6) is 1.59. The molecule has 108 valence electrons. The first-order valence-corrected chi connectivity index (χ1v) is 8.65. The molecule has 2 bridgehead atoms. The monoisotopic (exact) mass is 298 g/mol. The second-order valence-electron chi connectivity index (χ2n) is 6.56. The molecule has 4 aliphatic heterocycles. The number of piperidine rings is 3. The minimum Gasteiger partial charge on any atom is -0.469 e. The second-order valence-corrected chi connectivity index (χ2v) is 7.51. The van der Waals surface area contributed by atoms with Crippen molar-refractivity contribution in [3.8, 4) is 16.3 Å². The Bertz CT molecular complexity index is 676. The number of hydrogen-bond acceptors (Lipinski definition) is 4. The van der Waals surface area contributed by atoms with Crippen molar-refractivity contribution in [2.24, 2.45) is 5.92 Å². The summed E-state index contributed by atoms with van der Waals surface area (Å²) in [6.07, 6.45) is 5.57. The van der Waals surface area contributed by atoms with Crippen molar-refractivity contribution in [3.05, 3.63) is 35.3 Å². The van der Waals surface area contributed by atoms with Crippen LogP contribution in [0.4, 0.5) is 0 Å². The van der Waals surface area contributed by atoms with Crippen LogP contribution in [-0.4, -0.2) is 35.1 Å². The van der Waals surface area contributed by atoms with E-state index in [1.807, 2.05) is 6.20 Å². The zero-order valence-corrected chi connectivity index (χ0v) is 12.7. The first-order valence-electron chi connectivity index (χ1n) is 7.77. The molecule has 6 rings (SSSR count). The lowest BCUT2D eigenvalue weighted by Crippen LogP contribution is -2.61. The van der Waals surface area contributed by atoms with Crippen molar-refractivity contribution in [1.82, 2.24) is 9.88 Å². The molecule has 4 aliphatic rings. The van der Waals surface area contributed by atoms with E-state index in [1.54, 1.807) is 11.3 Å². The van der Waals surface area contributed by atoms with Gasteiger partial charge in [0.05, 0.1) is 0 Å². The molecule has 2 aromatic rings. The molecule has 0 unspecified atom stereocenters. The quantitative estimate of drug-likeness (QED) is 0.808. The van der Waals surface area contributed by atoms with Crippen LogP contribution < -0.4 is 4.74 Å². The van der Waals surface area contributed by atoms with Gasteiger partial charge in [-0.1, -0.05) is 6.07 Å². The fourth-order valence-corrected chi connectivity index (χ4v) is 4.99. The zero-order chi connectivity index (χ0) is 13.9. The number of aromatic nitrogens is 1. The third kappa shape index (κ3) is 1.79. The maximum atomic E-state index is 6.39. The van der Waals surface area contributed by atoms with Gasteiger partial charge >= 0.3 is 0 Å². The van der Waals surface area contributed by atoms with Crippen LogP contribution in [0.15, 0.2) is 29.8 Å². The molecule has 2 aromatic heterocycles. The highest BCUT2D eigenvalue weighted by Crippen LogP contribution is 2.46. The number of fused-ring (bicyclic) bond motifs is 3. The van der Waals surface area contributed by atoms with Crippen LogP contribution in [0.5, 0.6) is 5.88 Å². The summed E-state index contributed by atoms with van der Waals surface area (Å²) in [6, 6.07) is 6.55. The summed E-state index contributed by atoms with van der Waals surface area (Å²) in [7, 11) is 0. The molecule has 0 amide bonds. The molecule has 4 heteroatoms. The lowest BCUT2D eigenvalue weighted by Gasteiger charge is -2.50. The Hall–Kier alpha value is -1.39. The molecule has 3 fully saturated rings. The SMILES string of the molecule is c1csc(-c2cnc3c(c2)C[C@@]2(CN4CCC2CC4)O3)c1. The van der Waals surface area contributed by atoms with Gasteiger partial charge in [0.15, 0.2) is 0 Å². The van der Waals surface area contributed by atoms with E-state index >= 15 is 0 Å². The van der Waals surface area contributed by atoms with Gasteiger partial charge in [-0.2, -0.15) is 0 Å². The van der Waals surface area contributed by atoms with Crippen molar-refractivity contribution in [3.63, 3.8) is 0 Å². The van der Waals surface area contributed by atoms with Gasteiger partial charge in [0.2, 0.25) is 5.88 Å². The summed E-state index contributed by atoms with van der Waals surface area (Å²) in [6.45, 7) is 3.59. The molecular formula is C17H18N2OS. The topological polar surface area (TPSA) is 25.4 Å². The smallest absolute Gasteiger partial charge is 0.217 e. The van der Waals surface area contributed by atoms with E-state index in [4.69, 9.17) is 4.74 Å². The summed E-state index contributed by atoms with van der Waals surface area (Å²) in [5, 5.41) is 2.12. The number of thiophene rings is 1. The molecule has 21 heavy (non-hydrogen) atoms. The number of ether oxygens (including phenoxy) is 1. The third-order valence-electron chi connectivity index (χ3n) is 5.34. The van der Waals surface area contributed by atoms with Gasteiger partial charge in [-0.15, -0.1) is 11.3 Å². The van der Waals surface area contributed by atoms with Gasteiger partial charge in [-0.25, -0.2) is 4.98 Å². The first kappa shape index (κ1) is 12.2. The summed E-state index contributed by atoms with van der Waals surface area (Å²) in [5.41, 5.74) is 2.54. The maximum absolute atomic E-state index is 6.39. The van der Waals surface area contributed by atoms with E-state index in [2.05, 4.69) is 33.5 Å². The molecule has 0 N–H and O–H groups in total. The number of rotatable bonds is 1. The summed E-state index contributed by atoms with van der Waals surface area (Å²) in [4.78, 5) is 8.47. The Kier molecular flexibility index (Phi) is 2.50. The second kappa shape index (κ2) is 4.31. The Morgan fingerprint density at radius 1 is 1.33 bits per heavy atom. The van der Waals surface area contributed by atoms with Crippen LogP contribution in [0.1, 0.15) is 18.4 Å². The highest BCUT2D eigenvalue weighted by molar-refractivity contribution is 7.13. The summed E-state index contributed by atoms with van der Waals surface area (Å²) < 4.78 is 6.39. The Balaban J connectivity index is 1.51. The van der Waals surface area contributed by atoms with Crippen LogP contribution in [0.2, 0.25) is 0 Å². The van der Waals surface area contributed by atoms with E-state index in [0.29, 0.717) is 5.92 Å². The van der Waals surface area contributed by atoms with Crippen molar-refractivity contribution in [2.45, 2.75) is 24.9 Å². The van der Waals surface area contributed by atoms with E-state index in [9.17, 15) is 0 Å². The Morgan fingerprint density at radius 3 is 2.95 bits per heavy atom. The van der Waals surface area contributed by atoms with Gasteiger partial charge in [0, 0.05) is 41.1 Å². The van der Waals surface area contributed by atoms with Crippen LogP contribution >= 0.6 is 11.3 Å². The zero-order valence-electron chi connectivity index (χ0n) is 11.9. The number of hydrogen-bond donors (Lipinski definition) is 0. The fraction of sp³-hybridized carbons (Fsp3) is 0.471. The predicted octanol–water partition coefficient (Wildman–Crippen LogP) is 3.21. The third-order valence-corrected chi connectivity index (χ3v) is 6.26. The molecule has 1 atom stereocenters. The van der Waals surface area contributed by atoms with E-state index in [-0.39, 0.29) is 5.60 Å². The van der Waals surface area contributed by atoms with Gasteiger partial charge in [-0.3, -0.25) is 4.90 Å². The van der Waals surface area contributed by atoms with Crippen molar-refractivity contribution >= 4 is 11.3 Å². The molecule has 0 aromatic carbocycles. The normalized spacial score (nSPS) is 33.1. The number of pyridine rings is 1. The largest absolute Gasteiger partial charge is 0.469 e. The highest BCUT2D eigenvalue weighted by Gasteiger charge is 2.52. The minimum atomic E-state index is 0.0138. The average Bonchev–Trinajstić information content (AvgIpc) is 3.14. The fourth-order valence-electron chi connectivity index (χ4n) is 4.29. The molecule has 1 spiro atoms. The predicted molar refractivity (Wildman–Crippen MR) is 83.8 cm³/mol. The maximum Gasteiger partial charge on any atom is 0.217 e. The van der Waals surface area contributed by atoms with Gasteiger partial charge in [0.1, 0.15) is 5.60 Å². The van der Waals surface area contributed by atoms with Crippen LogP contribution in [0, 0.1) is 5.92 Å². The Morgan fingerprint density at radius 2 is 2.24 bits per heavy atom. The van der Waals surface area contributed by atoms with Gasteiger partial charge in [-0.05, 0) is 43.4 Å². The molecule has 6 heterocycles. The molecular weight excluding hydrogens is 280 g/mol. The van der Waals surface area contributed by atoms with Crippen LogP contribution in [-0.2, 0) is 6.42 Å². The highest BCUT2D eigenvalue weighted by atomic mass is 32.1. The molecule has 0 saturated carbocycles. The van der Waals surface area contributed by atoms with Crippen LogP contribution in [0.25, 0.3) is 10.4 Å². The Labute approximate surface area is 128 Å². The van der Waals surface area contributed by atoms with Crippen molar-refractivity contribution in [2.75, 3.05) is 19.6 Å². The molecule has 3 nitrogen and oxygen atoms in total. The minimum absolute atomic E-state index is 0.0138. The molecule has 0 radical (unpaired) electrons. The van der Waals surface area contributed by atoms with Crippen molar-refractivity contribution in [1.29, 1.82) is 0 Å². The van der Waals surface area contributed by atoms with Gasteiger partial charge in [0.25, 0.3) is 0 Å². The van der Waals surface area contributed by atoms with E-state index < -0.39 is 0 Å². The number of nitrogens with zero attached hydrogens (tertiary/aromatic N) is 2. The van der Waals surface area contributed by atoms with Crippen LogP contribution in [0.3, 0.4) is 0 Å². The summed E-state index contributed by atoms with van der Waals surface area (Å²) >= 11 is 1.77. The van der Waals surface area contributed by atoms with Gasteiger partial charge < -0.3 is 4.74 Å². The lowest BCUT2D eigenvalue weighted by molar-refractivity contribution is -0.0814. The molecule has 3 saturated heterocycles. The lowest BCUT2D eigenvalue weighted by atomic mass is 9.73. The first-order chi connectivity index (χ1) is 10.3. The van der Waals surface area contributed by atoms with E-state index in [0.717, 1.165) is 18.8 Å². The molecule has 0 aliphatic carbocycles.